The van der Waals surface area contributed by atoms with Crippen molar-refractivity contribution in [2.45, 2.75) is 5.03 Å². The van der Waals surface area contributed by atoms with Crippen molar-refractivity contribution in [1.82, 2.24) is 9.97 Å². The molecule has 0 aromatic carbocycles. The number of rotatable bonds is 0. The maximum atomic E-state index is 5.42. The third-order valence-electron chi connectivity index (χ3n) is 0.735. The van der Waals surface area contributed by atoms with Crippen LogP contribution in [0.5, 0.6) is 0 Å². The molecule has 0 bridgehead atoms. The van der Waals surface area contributed by atoms with Crippen LogP contribution >= 0.6 is 11.6 Å². The second-order valence-electron chi connectivity index (χ2n) is 1.38. The molecule has 5 heteroatoms. The molecule has 0 fully saturated rings. The largest absolute Gasteiger partial charge is 0.757 e. The van der Waals surface area contributed by atoms with Crippen LogP contribution in [0.25, 0.3) is 0 Å². The minimum Gasteiger partial charge on any atom is -0.757 e. The third-order valence-corrected chi connectivity index (χ3v) is 1.23. The Morgan fingerprint density at radius 3 is 2.78 bits per heavy atom. The molecule has 1 aromatic heterocycles. The Labute approximate surface area is 62.7 Å². The van der Waals surface area contributed by atoms with Crippen LogP contribution in [0, 0.1) is 0 Å². The molecule has 9 heavy (non-hydrogen) atoms. The average Bonchev–Trinajstić information content (AvgIpc) is 1.80. The number of halogens is 1. The summed E-state index contributed by atoms with van der Waals surface area (Å²) in [6.45, 7) is 0. The predicted molar refractivity (Wildman–Crippen MR) is 37.1 cm³/mol. The standard InChI is InChI=1S/C4H4ClN3S/c5-2-1-7-4(9)3(6)8-2/h1H,(H2,6,8)(H,7,9)/p-1. The molecular formula is C4H3ClN3S-. The second kappa shape index (κ2) is 2.33. The first kappa shape index (κ1) is 6.51. The minimum absolute atomic E-state index is 0.206. The van der Waals surface area contributed by atoms with Crippen molar-refractivity contribution < 1.29 is 0 Å². The van der Waals surface area contributed by atoms with Crippen molar-refractivity contribution in [3.05, 3.63) is 11.3 Å². The fourth-order valence-electron chi connectivity index (χ4n) is 0.370. The minimum atomic E-state index is 0.206. The number of nitrogens with zero attached hydrogens (tertiary/aromatic N) is 2. The van der Waals surface area contributed by atoms with Crippen LogP contribution < -0.4 is 5.73 Å². The van der Waals surface area contributed by atoms with Gasteiger partial charge in [-0.1, -0.05) is 11.6 Å². The maximum absolute atomic E-state index is 5.42. The Balaban J connectivity index is 3.17. The highest BCUT2D eigenvalue weighted by Gasteiger charge is 1.89. The van der Waals surface area contributed by atoms with E-state index in [9.17, 15) is 0 Å². The Hall–Kier alpha value is -0.610. The van der Waals surface area contributed by atoms with Crippen LogP contribution in [0.15, 0.2) is 11.2 Å². The van der Waals surface area contributed by atoms with Gasteiger partial charge >= 0.3 is 0 Å². The van der Waals surface area contributed by atoms with Gasteiger partial charge in [-0.3, -0.25) is 4.98 Å². The topological polar surface area (TPSA) is 51.8 Å². The first-order valence-electron chi connectivity index (χ1n) is 2.15. The van der Waals surface area contributed by atoms with E-state index < -0.39 is 0 Å². The monoisotopic (exact) mass is 160 g/mol. The van der Waals surface area contributed by atoms with Crippen LogP contribution in [-0.4, -0.2) is 9.97 Å². The fraction of sp³-hybridized carbons (Fsp3) is 0. The lowest BCUT2D eigenvalue weighted by Gasteiger charge is -2.05. The van der Waals surface area contributed by atoms with Crippen molar-refractivity contribution in [2.75, 3.05) is 5.73 Å². The molecule has 2 N–H and O–H groups in total. The van der Waals surface area contributed by atoms with Crippen LogP contribution in [0.2, 0.25) is 5.15 Å². The molecule has 0 unspecified atom stereocenters. The summed E-state index contributed by atoms with van der Waals surface area (Å²) in [6, 6.07) is 0. The number of hydrogen-bond donors (Lipinski definition) is 1. The smallest absolute Gasteiger partial charge is 0.149 e. The molecule has 0 aliphatic rings. The molecule has 0 amide bonds. The molecule has 0 saturated carbocycles. The van der Waals surface area contributed by atoms with Gasteiger partial charge < -0.3 is 18.4 Å². The Kier molecular flexibility index (Phi) is 1.68. The van der Waals surface area contributed by atoms with Gasteiger partial charge in [0.2, 0.25) is 0 Å². The zero-order chi connectivity index (χ0) is 6.85. The zero-order valence-electron chi connectivity index (χ0n) is 4.34. The Morgan fingerprint density at radius 2 is 2.33 bits per heavy atom. The molecule has 48 valence electrons. The molecule has 1 aromatic rings. The first-order valence-corrected chi connectivity index (χ1v) is 2.94. The molecule has 0 aliphatic heterocycles. The van der Waals surface area contributed by atoms with Gasteiger partial charge in [0, 0.05) is 0 Å². The molecule has 3 nitrogen and oxygen atoms in total. The molecule has 0 atom stereocenters. The van der Waals surface area contributed by atoms with E-state index >= 15 is 0 Å². The highest BCUT2D eigenvalue weighted by Crippen LogP contribution is 2.07. The van der Waals surface area contributed by atoms with Crippen molar-refractivity contribution in [1.29, 1.82) is 0 Å². The van der Waals surface area contributed by atoms with E-state index in [0.717, 1.165) is 0 Å². The Bertz CT molecular complexity index is 227. The zero-order valence-corrected chi connectivity index (χ0v) is 5.91. The second-order valence-corrected chi connectivity index (χ2v) is 2.16. The van der Waals surface area contributed by atoms with E-state index in [1.807, 2.05) is 0 Å². The van der Waals surface area contributed by atoms with Gasteiger partial charge in [0.1, 0.15) is 11.0 Å². The van der Waals surface area contributed by atoms with Crippen molar-refractivity contribution in [3.8, 4) is 0 Å². The van der Waals surface area contributed by atoms with E-state index in [4.69, 9.17) is 17.3 Å². The van der Waals surface area contributed by atoms with E-state index in [-0.39, 0.29) is 11.0 Å². The van der Waals surface area contributed by atoms with Gasteiger partial charge in [0.25, 0.3) is 0 Å². The summed E-state index contributed by atoms with van der Waals surface area (Å²) in [5.41, 5.74) is 5.26. The maximum Gasteiger partial charge on any atom is 0.149 e. The van der Waals surface area contributed by atoms with Crippen LogP contribution in [0.1, 0.15) is 0 Å². The summed E-state index contributed by atoms with van der Waals surface area (Å²) >= 11 is 10.1. The number of anilines is 1. The summed E-state index contributed by atoms with van der Waals surface area (Å²) in [5.74, 6) is 0.206. The molecular weight excluding hydrogens is 158 g/mol. The van der Waals surface area contributed by atoms with E-state index in [1.54, 1.807) is 0 Å². The van der Waals surface area contributed by atoms with E-state index in [0.29, 0.717) is 5.03 Å². The molecule has 0 spiro atoms. The summed E-state index contributed by atoms with van der Waals surface area (Å²) in [6.07, 6.45) is 1.36. The van der Waals surface area contributed by atoms with Crippen LogP contribution in [0.3, 0.4) is 0 Å². The molecule has 0 aliphatic carbocycles. The van der Waals surface area contributed by atoms with Gasteiger partial charge in [-0.15, -0.1) is 0 Å². The van der Waals surface area contributed by atoms with Crippen LogP contribution in [-0.2, 0) is 12.6 Å². The normalized spacial score (nSPS) is 9.44. The molecule has 0 radical (unpaired) electrons. The van der Waals surface area contributed by atoms with Crippen molar-refractivity contribution in [2.24, 2.45) is 0 Å². The van der Waals surface area contributed by atoms with Crippen molar-refractivity contribution >= 4 is 30.0 Å². The quantitative estimate of drug-likeness (QED) is 0.566. The summed E-state index contributed by atoms with van der Waals surface area (Å²) in [4.78, 5) is 7.32. The SMILES string of the molecule is Nc1nc(Cl)cnc1[S-]. The van der Waals surface area contributed by atoms with Crippen LogP contribution in [0.4, 0.5) is 5.82 Å². The highest BCUT2D eigenvalue weighted by atomic mass is 35.5. The lowest BCUT2D eigenvalue weighted by atomic mass is 10.7. The third kappa shape index (κ3) is 1.40. The van der Waals surface area contributed by atoms with Gasteiger partial charge in [-0.05, 0) is 5.03 Å². The van der Waals surface area contributed by atoms with Gasteiger partial charge in [-0.2, -0.15) is 0 Å². The Morgan fingerprint density at radius 1 is 1.67 bits per heavy atom. The van der Waals surface area contributed by atoms with Gasteiger partial charge in [-0.25, -0.2) is 4.98 Å². The van der Waals surface area contributed by atoms with E-state index in [1.165, 1.54) is 6.20 Å². The first-order chi connectivity index (χ1) is 4.20. The molecule has 1 heterocycles. The number of nitrogens with two attached hydrogens (primary N) is 1. The van der Waals surface area contributed by atoms with Gasteiger partial charge in [0.05, 0.1) is 6.20 Å². The summed E-state index contributed by atoms with van der Waals surface area (Å²) in [7, 11) is 0. The van der Waals surface area contributed by atoms with Crippen molar-refractivity contribution in [3.63, 3.8) is 0 Å². The predicted octanol–water partition coefficient (Wildman–Crippen LogP) is 0.618. The summed E-state index contributed by atoms with van der Waals surface area (Å²) < 4.78 is 0. The fourth-order valence-corrected chi connectivity index (χ4v) is 0.608. The summed E-state index contributed by atoms with van der Waals surface area (Å²) in [5, 5.41) is 0.556. The molecule has 0 saturated heterocycles. The van der Waals surface area contributed by atoms with E-state index in [2.05, 4.69) is 22.6 Å². The average molecular weight is 161 g/mol. The highest BCUT2D eigenvalue weighted by molar-refractivity contribution is 7.58. The number of aromatic nitrogens is 2. The lowest BCUT2D eigenvalue weighted by Crippen LogP contribution is -1.95. The number of nitrogen functional groups attached to an aromatic ring is 1. The molecule has 1 rings (SSSR count). The van der Waals surface area contributed by atoms with Gasteiger partial charge in [0.15, 0.2) is 0 Å². The number of hydrogen-bond acceptors (Lipinski definition) is 4. The lowest BCUT2D eigenvalue weighted by molar-refractivity contribution is 1.08.